The third kappa shape index (κ3) is 4.22. The first-order valence-corrected chi connectivity index (χ1v) is 7.07. The molecule has 1 amide bonds. The minimum atomic E-state index is -0.541. The number of piperazine rings is 1. The van der Waals surface area contributed by atoms with Crippen molar-refractivity contribution in [2.75, 3.05) is 39.8 Å². The summed E-state index contributed by atoms with van der Waals surface area (Å²) in [7, 11) is 1.69. The Hall–Kier alpha value is -2.06. The van der Waals surface area contributed by atoms with Crippen LogP contribution in [0.2, 0.25) is 0 Å². The maximum atomic E-state index is 13.3. The van der Waals surface area contributed by atoms with Crippen LogP contribution < -0.4 is 5.32 Å². The molecule has 0 atom stereocenters. The van der Waals surface area contributed by atoms with Crippen LogP contribution in [-0.2, 0) is 11.3 Å². The minimum absolute atomic E-state index is 0.0249. The van der Waals surface area contributed by atoms with Crippen molar-refractivity contribution in [3.05, 3.63) is 39.7 Å². The van der Waals surface area contributed by atoms with E-state index in [4.69, 9.17) is 0 Å². The molecule has 1 N–H and O–H groups in total. The van der Waals surface area contributed by atoms with Gasteiger partial charge in [0.15, 0.2) is 0 Å². The van der Waals surface area contributed by atoms with Crippen molar-refractivity contribution in [3.63, 3.8) is 0 Å². The Morgan fingerprint density at radius 3 is 2.77 bits per heavy atom. The van der Waals surface area contributed by atoms with Crippen LogP contribution in [0.3, 0.4) is 0 Å². The van der Waals surface area contributed by atoms with Crippen LogP contribution in [0, 0.1) is 15.9 Å². The molecule has 22 heavy (non-hydrogen) atoms. The summed E-state index contributed by atoms with van der Waals surface area (Å²) in [5.41, 5.74) is 0.128. The largest absolute Gasteiger partial charge is 0.339 e. The molecule has 1 aromatic carbocycles. The van der Waals surface area contributed by atoms with Gasteiger partial charge in [0.25, 0.3) is 5.69 Å². The van der Waals surface area contributed by atoms with E-state index in [0.29, 0.717) is 13.1 Å². The number of amides is 1. The van der Waals surface area contributed by atoms with E-state index >= 15 is 0 Å². The van der Waals surface area contributed by atoms with Crippen LogP contribution in [0.4, 0.5) is 10.1 Å². The number of nitro benzene ring substituents is 1. The van der Waals surface area contributed by atoms with Crippen LogP contribution in [0.25, 0.3) is 0 Å². The topological polar surface area (TPSA) is 78.7 Å². The average molecular weight is 310 g/mol. The summed E-state index contributed by atoms with van der Waals surface area (Å²) in [5, 5.41) is 14.1. The maximum absolute atomic E-state index is 13.3. The molecule has 1 saturated heterocycles. The third-order valence-corrected chi connectivity index (χ3v) is 3.55. The van der Waals surface area contributed by atoms with Gasteiger partial charge in [-0.25, -0.2) is 4.39 Å². The van der Waals surface area contributed by atoms with Crippen LogP contribution in [0.15, 0.2) is 18.2 Å². The van der Waals surface area contributed by atoms with Crippen molar-refractivity contribution in [2.24, 2.45) is 0 Å². The minimum Gasteiger partial charge on any atom is -0.339 e. The number of carbonyl (C=O) groups is 1. The molecule has 0 radical (unpaired) electrons. The molecule has 1 aliphatic rings. The van der Waals surface area contributed by atoms with Gasteiger partial charge < -0.3 is 10.2 Å². The van der Waals surface area contributed by atoms with Gasteiger partial charge in [-0.1, -0.05) is 0 Å². The fraction of sp³-hybridized carbons (Fsp3) is 0.500. The Kier molecular flexibility index (Phi) is 5.40. The number of likely N-dealkylation sites (N-methyl/N-ethyl adjacent to an activating group) is 1. The highest BCUT2D eigenvalue weighted by molar-refractivity contribution is 5.78. The van der Waals surface area contributed by atoms with Crippen LogP contribution in [-0.4, -0.2) is 60.4 Å². The van der Waals surface area contributed by atoms with Gasteiger partial charge >= 0.3 is 0 Å². The number of hydrogen-bond donors (Lipinski definition) is 1. The zero-order valence-corrected chi connectivity index (χ0v) is 12.4. The molecule has 8 heteroatoms. The van der Waals surface area contributed by atoms with Gasteiger partial charge in [-0.05, 0) is 19.2 Å². The summed E-state index contributed by atoms with van der Waals surface area (Å²) < 4.78 is 13.3. The van der Waals surface area contributed by atoms with Crippen molar-refractivity contribution in [3.8, 4) is 0 Å². The zero-order chi connectivity index (χ0) is 16.1. The second-order valence-electron chi connectivity index (χ2n) is 5.33. The number of halogens is 1. The van der Waals surface area contributed by atoms with Crippen LogP contribution >= 0.6 is 0 Å². The molecule has 0 bridgehead atoms. The predicted molar refractivity (Wildman–Crippen MR) is 78.8 cm³/mol. The van der Waals surface area contributed by atoms with Crippen LogP contribution in [0.5, 0.6) is 0 Å². The van der Waals surface area contributed by atoms with Gasteiger partial charge in [0.1, 0.15) is 5.82 Å². The Bertz CT molecular complexity index is 561. The molecule has 0 spiro atoms. The molecule has 1 fully saturated rings. The number of nitrogens with zero attached hydrogens (tertiary/aromatic N) is 3. The third-order valence-electron chi connectivity index (χ3n) is 3.55. The van der Waals surface area contributed by atoms with E-state index in [1.807, 2.05) is 0 Å². The Morgan fingerprint density at radius 2 is 2.14 bits per heavy atom. The highest BCUT2D eigenvalue weighted by atomic mass is 19.1. The van der Waals surface area contributed by atoms with Crippen molar-refractivity contribution in [1.82, 2.24) is 15.1 Å². The van der Waals surface area contributed by atoms with Gasteiger partial charge in [-0.15, -0.1) is 0 Å². The van der Waals surface area contributed by atoms with E-state index in [1.165, 1.54) is 0 Å². The summed E-state index contributed by atoms with van der Waals surface area (Å²) in [4.78, 5) is 26.0. The van der Waals surface area contributed by atoms with Crippen molar-refractivity contribution in [2.45, 2.75) is 6.54 Å². The molecule has 1 aromatic rings. The van der Waals surface area contributed by atoms with Crippen LogP contribution in [0.1, 0.15) is 5.56 Å². The molecule has 0 saturated carbocycles. The average Bonchev–Trinajstić information content (AvgIpc) is 2.47. The van der Waals surface area contributed by atoms with E-state index < -0.39 is 10.7 Å². The fourth-order valence-corrected chi connectivity index (χ4v) is 2.45. The van der Waals surface area contributed by atoms with Gasteiger partial charge in [0.05, 0.1) is 11.5 Å². The first-order valence-electron chi connectivity index (χ1n) is 7.07. The summed E-state index contributed by atoms with van der Waals surface area (Å²) in [6, 6.07) is 3.36. The maximum Gasteiger partial charge on any atom is 0.274 e. The predicted octanol–water partition coefficient (Wildman–Crippen LogP) is 0.598. The lowest BCUT2D eigenvalue weighted by Gasteiger charge is -2.29. The number of benzene rings is 1. The smallest absolute Gasteiger partial charge is 0.274 e. The Labute approximate surface area is 127 Å². The fourth-order valence-electron chi connectivity index (χ4n) is 2.45. The van der Waals surface area contributed by atoms with E-state index in [1.54, 1.807) is 16.8 Å². The number of hydrogen-bond acceptors (Lipinski definition) is 5. The highest BCUT2D eigenvalue weighted by Crippen LogP contribution is 2.20. The van der Waals surface area contributed by atoms with E-state index in [0.717, 1.165) is 31.3 Å². The monoisotopic (exact) mass is 310 g/mol. The number of rotatable bonds is 5. The first kappa shape index (κ1) is 16.3. The Balaban J connectivity index is 1.99. The highest BCUT2D eigenvalue weighted by Gasteiger charge is 2.20. The molecule has 0 aromatic heterocycles. The molecule has 1 heterocycles. The second kappa shape index (κ2) is 7.28. The van der Waals surface area contributed by atoms with Gasteiger partial charge in [-0.3, -0.25) is 19.8 Å². The number of nitrogens with one attached hydrogen (secondary N) is 1. The lowest BCUT2D eigenvalue weighted by molar-refractivity contribution is -0.385. The number of nitro groups is 1. The molecule has 0 aliphatic carbocycles. The quantitative estimate of drug-likeness (QED) is 0.636. The van der Waals surface area contributed by atoms with E-state index in [2.05, 4.69) is 5.32 Å². The lowest BCUT2D eigenvalue weighted by Crippen LogP contribution is -2.49. The van der Waals surface area contributed by atoms with E-state index in [-0.39, 0.29) is 30.2 Å². The molecular weight excluding hydrogens is 291 g/mol. The summed E-state index contributed by atoms with van der Waals surface area (Å²) in [6.07, 6.45) is 0. The SMILES string of the molecule is CN(CC(=O)N1CCNCC1)Cc1cc(F)ccc1[N+](=O)[O-]. The molecule has 2 rings (SSSR count). The lowest BCUT2D eigenvalue weighted by atomic mass is 10.1. The molecule has 1 aliphatic heterocycles. The van der Waals surface area contributed by atoms with Gasteiger partial charge in [-0.2, -0.15) is 0 Å². The van der Waals surface area contributed by atoms with Crippen molar-refractivity contribution in [1.29, 1.82) is 0 Å². The zero-order valence-electron chi connectivity index (χ0n) is 12.4. The summed E-state index contributed by atoms with van der Waals surface area (Å²) in [5.74, 6) is -0.550. The molecular formula is C14H19FN4O3. The molecule has 120 valence electrons. The van der Waals surface area contributed by atoms with E-state index in [9.17, 15) is 19.3 Å². The standard InChI is InChI=1S/C14H19FN4O3/c1-17(10-14(20)18-6-4-16-5-7-18)9-11-8-12(15)2-3-13(11)19(21)22/h2-3,8,16H,4-7,9-10H2,1H3. The normalized spacial score (nSPS) is 15.1. The van der Waals surface area contributed by atoms with Crippen molar-refractivity contribution >= 4 is 11.6 Å². The summed E-state index contributed by atoms with van der Waals surface area (Å²) in [6.45, 7) is 3.15. The Morgan fingerprint density at radius 1 is 1.45 bits per heavy atom. The van der Waals surface area contributed by atoms with Gasteiger partial charge in [0.2, 0.25) is 5.91 Å². The molecule has 7 nitrogen and oxygen atoms in total. The first-order chi connectivity index (χ1) is 10.5. The number of carbonyl (C=O) groups excluding carboxylic acids is 1. The second-order valence-corrected chi connectivity index (χ2v) is 5.33. The summed E-state index contributed by atoms with van der Waals surface area (Å²) >= 11 is 0. The van der Waals surface area contributed by atoms with Crippen molar-refractivity contribution < 1.29 is 14.1 Å². The van der Waals surface area contributed by atoms with Gasteiger partial charge in [0, 0.05) is 44.4 Å². The molecule has 0 unspecified atom stereocenters.